The highest BCUT2D eigenvalue weighted by Crippen LogP contribution is 2.28. The van der Waals surface area contributed by atoms with Gasteiger partial charge in [-0.1, -0.05) is 11.6 Å². The smallest absolute Gasteiger partial charge is 0.277 e. The highest BCUT2D eigenvalue weighted by Gasteiger charge is 2.07. The van der Waals surface area contributed by atoms with Crippen LogP contribution in [0.2, 0.25) is 5.02 Å². The second kappa shape index (κ2) is 11.2. The minimum atomic E-state index is -0.512. The van der Waals surface area contributed by atoms with Crippen molar-refractivity contribution in [1.82, 2.24) is 5.43 Å². The summed E-state index contributed by atoms with van der Waals surface area (Å²) in [7, 11) is 0. The fourth-order valence-electron chi connectivity index (χ4n) is 2.41. The second-order valence-electron chi connectivity index (χ2n) is 6.37. The number of nitrogens with zero attached hydrogens (tertiary/aromatic N) is 4. The van der Waals surface area contributed by atoms with Gasteiger partial charge in [0.05, 0.1) is 27.0 Å². The van der Waals surface area contributed by atoms with Crippen LogP contribution in [-0.4, -0.2) is 28.8 Å². The van der Waals surface area contributed by atoms with Gasteiger partial charge in [-0.3, -0.25) is 14.9 Å². The van der Waals surface area contributed by atoms with E-state index in [1.54, 1.807) is 18.2 Å². The lowest BCUT2D eigenvalue weighted by Gasteiger charge is -2.07. The zero-order chi connectivity index (χ0) is 23.8. The minimum absolute atomic E-state index is 0.0506. The molecule has 0 radical (unpaired) electrons. The molecular formula is C21H15BrClN5O5. The Morgan fingerprint density at radius 3 is 2.52 bits per heavy atom. The number of nitro groups is 1. The summed E-state index contributed by atoms with van der Waals surface area (Å²) in [5, 5.41) is 33.0. The number of phenolic OH excluding ortho intramolecular Hbond substituents is 1. The molecule has 3 aromatic carbocycles. The molecule has 0 heterocycles. The Morgan fingerprint density at radius 2 is 1.82 bits per heavy atom. The molecular weight excluding hydrogens is 518 g/mol. The number of rotatable bonds is 8. The fourth-order valence-corrected chi connectivity index (χ4v) is 3.20. The van der Waals surface area contributed by atoms with Gasteiger partial charge in [0, 0.05) is 22.7 Å². The highest BCUT2D eigenvalue weighted by atomic mass is 79.9. The van der Waals surface area contributed by atoms with E-state index in [1.165, 1.54) is 48.7 Å². The zero-order valence-electron chi connectivity index (χ0n) is 16.7. The van der Waals surface area contributed by atoms with Crippen molar-refractivity contribution in [2.75, 3.05) is 6.61 Å². The van der Waals surface area contributed by atoms with Gasteiger partial charge in [0.25, 0.3) is 11.6 Å². The number of benzene rings is 3. The van der Waals surface area contributed by atoms with Crippen LogP contribution in [-0.2, 0) is 4.79 Å². The van der Waals surface area contributed by atoms with Gasteiger partial charge in [0.2, 0.25) is 0 Å². The zero-order valence-corrected chi connectivity index (χ0v) is 19.0. The molecule has 0 aliphatic carbocycles. The Labute approximate surface area is 200 Å². The standard InChI is InChI=1S/C21H15BrClN5O5/c22-18-10-14(23)1-8-20(18)33-12-21(30)27-24-11-13-9-16(4-7-19(13)29)26-25-15-2-5-17(6-3-15)28(31)32/h1-11,29H,12H2,(H,27,30)/b24-11+,26-25?. The number of hydrogen-bond acceptors (Lipinski definition) is 8. The molecule has 0 unspecified atom stereocenters. The van der Waals surface area contributed by atoms with E-state index in [4.69, 9.17) is 16.3 Å². The van der Waals surface area contributed by atoms with Crippen molar-refractivity contribution in [3.8, 4) is 11.5 Å². The van der Waals surface area contributed by atoms with Gasteiger partial charge in [-0.15, -0.1) is 0 Å². The molecule has 0 bridgehead atoms. The van der Waals surface area contributed by atoms with E-state index in [-0.39, 0.29) is 23.6 Å². The molecule has 0 aliphatic heterocycles. The molecule has 0 atom stereocenters. The first-order valence-corrected chi connectivity index (χ1v) is 10.4. The first kappa shape index (κ1) is 23.8. The number of aromatic hydroxyl groups is 1. The molecule has 168 valence electrons. The summed E-state index contributed by atoms with van der Waals surface area (Å²) in [5.41, 5.74) is 3.35. The van der Waals surface area contributed by atoms with Gasteiger partial charge >= 0.3 is 0 Å². The molecule has 0 spiro atoms. The predicted octanol–water partition coefficient (Wildman–Crippen LogP) is 5.66. The van der Waals surface area contributed by atoms with Crippen LogP contribution >= 0.6 is 27.5 Å². The van der Waals surface area contributed by atoms with Crippen molar-refractivity contribution < 1.29 is 19.6 Å². The summed E-state index contributed by atoms with van der Waals surface area (Å²) < 4.78 is 6.00. The van der Waals surface area contributed by atoms with Crippen molar-refractivity contribution in [2.24, 2.45) is 15.3 Å². The molecule has 0 saturated carbocycles. The summed E-state index contributed by atoms with van der Waals surface area (Å²) in [5.74, 6) is -0.146. The Bertz CT molecular complexity index is 1230. The third kappa shape index (κ3) is 7.09. The summed E-state index contributed by atoms with van der Waals surface area (Å²) in [4.78, 5) is 22.1. The van der Waals surface area contributed by atoms with Gasteiger partial charge < -0.3 is 9.84 Å². The Morgan fingerprint density at radius 1 is 1.12 bits per heavy atom. The molecule has 2 N–H and O–H groups in total. The summed E-state index contributed by atoms with van der Waals surface area (Å²) in [6.45, 7) is -0.285. The molecule has 0 aromatic heterocycles. The van der Waals surface area contributed by atoms with E-state index in [1.807, 2.05) is 0 Å². The van der Waals surface area contributed by atoms with Crippen molar-refractivity contribution >= 4 is 56.7 Å². The quantitative estimate of drug-likeness (QED) is 0.167. The first-order chi connectivity index (χ1) is 15.8. The van der Waals surface area contributed by atoms with E-state index in [0.717, 1.165) is 0 Å². The molecule has 10 nitrogen and oxygen atoms in total. The number of halogens is 2. The van der Waals surface area contributed by atoms with Gasteiger partial charge in [-0.2, -0.15) is 15.3 Å². The maximum Gasteiger partial charge on any atom is 0.277 e. The number of azo groups is 1. The monoisotopic (exact) mass is 531 g/mol. The number of hydrogen-bond donors (Lipinski definition) is 2. The van der Waals surface area contributed by atoms with E-state index >= 15 is 0 Å². The topological polar surface area (TPSA) is 139 Å². The molecule has 33 heavy (non-hydrogen) atoms. The number of nitrogens with one attached hydrogen (secondary N) is 1. The lowest BCUT2D eigenvalue weighted by atomic mass is 10.2. The lowest BCUT2D eigenvalue weighted by Crippen LogP contribution is -2.24. The van der Waals surface area contributed by atoms with Crippen LogP contribution in [0.5, 0.6) is 11.5 Å². The SMILES string of the molecule is O=C(COc1ccc(Cl)cc1Br)N/N=C/c1cc(N=Nc2ccc([N+](=O)[O-])cc2)ccc1O. The highest BCUT2D eigenvalue weighted by molar-refractivity contribution is 9.10. The Hall–Kier alpha value is -3.83. The third-order valence-electron chi connectivity index (χ3n) is 4.00. The molecule has 0 fully saturated rings. The van der Waals surface area contributed by atoms with Crippen LogP contribution in [0.25, 0.3) is 0 Å². The Kier molecular flexibility index (Phi) is 8.06. The molecule has 1 amide bonds. The first-order valence-electron chi connectivity index (χ1n) is 9.21. The van der Waals surface area contributed by atoms with Crippen molar-refractivity contribution in [3.05, 3.63) is 85.8 Å². The minimum Gasteiger partial charge on any atom is -0.507 e. The maximum atomic E-state index is 11.9. The van der Waals surface area contributed by atoms with E-state index in [9.17, 15) is 20.0 Å². The number of hydrazone groups is 1. The lowest BCUT2D eigenvalue weighted by molar-refractivity contribution is -0.384. The molecule has 0 saturated heterocycles. The van der Waals surface area contributed by atoms with E-state index in [0.29, 0.717) is 26.6 Å². The van der Waals surface area contributed by atoms with Crippen LogP contribution in [0.4, 0.5) is 17.1 Å². The average molecular weight is 533 g/mol. The summed E-state index contributed by atoms with van der Waals surface area (Å²) in [6.07, 6.45) is 1.25. The number of nitro benzene ring substituents is 1. The van der Waals surface area contributed by atoms with Gasteiger partial charge in [-0.25, -0.2) is 5.43 Å². The maximum absolute atomic E-state index is 11.9. The van der Waals surface area contributed by atoms with Crippen molar-refractivity contribution in [1.29, 1.82) is 0 Å². The van der Waals surface area contributed by atoms with Crippen molar-refractivity contribution in [2.45, 2.75) is 0 Å². The molecule has 3 rings (SSSR count). The normalized spacial score (nSPS) is 11.1. The number of non-ortho nitro benzene ring substituents is 1. The van der Waals surface area contributed by atoms with Gasteiger partial charge in [-0.05, 0) is 64.5 Å². The van der Waals surface area contributed by atoms with Crippen LogP contribution in [0, 0.1) is 10.1 Å². The second-order valence-corrected chi connectivity index (χ2v) is 7.66. The summed E-state index contributed by atoms with van der Waals surface area (Å²) in [6, 6.07) is 14.9. The number of amides is 1. The van der Waals surface area contributed by atoms with Gasteiger partial charge in [0.1, 0.15) is 11.5 Å². The number of phenols is 1. The fraction of sp³-hybridized carbons (Fsp3) is 0.0476. The third-order valence-corrected chi connectivity index (χ3v) is 4.85. The van der Waals surface area contributed by atoms with E-state index in [2.05, 4.69) is 36.7 Å². The van der Waals surface area contributed by atoms with Gasteiger partial charge in [0.15, 0.2) is 6.61 Å². The number of carbonyl (C=O) groups excluding carboxylic acids is 1. The van der Waals surface area contributed by atoms with Crippen LogP contribution in [0.3, 0.4) is 0 Å². The van der Waals surface area contributed by atoms with Crippen molar-refractivity contribution in [3.63, 3.8) is 0 Å². The largest absolute Gasteiger partial charge is 0.507 e. The molecule has 12 heteroatoms. The van der Waals surface area contributed by atoms with Crippen LogP contribution in [0.1, 0.15) is 5.56 Å². The average Bonchev–Trinajstić information content (AvgIpc) is 2.79. The summed E-state index contributed by atoms with van der Waals surface area (Å²) >= 11 is 9.15. The van der Waals surface area contributed by atoms with E-state index < -0.39 is 10.8 Å². The predicted molar refractivity (Wildman–Crippen MR) is 126 cm³/mol. The Balaban J connectivity index is 1.58. The molecule has 0 aliphatic rings. The number of ether oxygens (including phenoxy) is 1. The molecule has 3 aromatic rings. The van der Waals surface area contributed by atoms with Crippen LogP contribution < -0.4 is 10.2 Å². The van der Waals surface area contributed by atoms with Crippen LogP contribution in [0.15, 0.2) is 80.5 Å². The number of carbonyl (C=O) groups is 1.